The van der Waals surface area contributed by atoms with Crippen molar-refractivity contribution in [1.82, 2.24) is 0 Å². The Balaban J connectivity index is 2.04. The zero-order valence-corrected chi connectivity index (χ0v) is 7.36. The van der Waals surface area contributed by atoms with E-state index >= 15 is 0 Å². The van der Waals surface area contributed by atoms with Crippen molar-refractivity contribution in [1.29, 1.82) is 0 Å². The van der Waals surface area contributed by atoms with Crippen molar-refractivity contribution in [2.45, 2.75) is 25.4 Å². The summed E-state index contributed by atoms with van der Waals surface area (Å²) >= 11 is 0. The van der Waals surface area contributed by atoms with Crippen molar-refractivity contribution in [2.75, 3.05) is 6.61 Å². The van der Waals surface area contributed by atoms with Crippen molar-refractivity contribution < 1.29 is 13.9 Å². The quantitative estimate of drug-likeness (QED) is 0.654. The lowest BCUT2D eigenvalue weighted by atomic mass is 10.0. The maximum atomic E-state index is 11.7. The zero-order chi connectivity index (χ0) is 9.10. The van der Waals surface area contributed by atoms with E-state index in [-0.39, 0.29) is 11.9 Å². The van der Waals surface area contributed by atoms with E-state index in [0.717, 1.165) is 19.3 Å². The first-order valence-corrected chi connectivity index (χ1v) is 4.56. The molecule has 1 fully saturated rings. The summed E-state index contributed by atoms with van der Waals surface area (Å²) in [6, 6.07) is 1.68. The first-order valence-electron chi connectivity index (χ1n) is 4.56. The summed E-state index contributed by atoms with van der Waals surface area (Å²) in [5.41, 5.74) is 0.618. The van der Waals surface area contributed by atoms with E-state index in [0.29, 0.717) is 12.2 Å². The van der Waals surface area contributed by atoms with Crippen LogP contribution in [0, 0.1) is 0 Å². The molecule has 2 heterocycles. The van der Waals surface area contributed by atoms with Gasteiger partial charge in [0.2, 0.25) is 0 Å². The first-order chi connectivity index (χ1) is 6.38. The number of rotatable bonds is 2. The van der Waals surface area contributed by atoms with Gasteiger partial charge in [0.25, 0.3) is 0 Å². The monoisotopic (exact) mass is 180 g/mol. The van der Waals surface area contributed by atoms with E-state index in [9.17, 15) is 4.79 Å². The molecule has 0 saturated carbocycles. The lowest BCUT2D eigenvalue weighted by Crippen LogP contribution is -2.27. The van der Waals surface area contributed by atoms with Gasteiger partial charge >= 0.3 is 0 Å². The molecule has 0 radical (unpaired) electrons. The number of ketones is 1. The van der Waals surface area contributed by atoms with E-state index in [2.05, 4.69) is 0 Å². The molecule has 1 aromatic rings. The number of carbonyl (C=O) groups is 1. The Hall–Kier alpha value is -1.09. The smallest absolute Gasteiger partial charge is 0.194 e. The molecule has 0 N–H and O–H groups in total. The fourth-order valence-electron chi connectivity index (χ4n) is 1.54. The Kier molecular flexibility index (Phi) is 2.45. The summed E-state index contributed by atoms with van der Waals surface area (Å²) in [5, 5.41) is 0. The van der Waals surface area contributed by atoms with Gasteiger partial charge in [-0.25, -0.2) is 0 Å². The molecule has 1 saturated heterocycles. The van der Waals surface area contributed by atoms with Gasteiger partial charge in [-0.15, -0.1) is 0 Å². The Labute approximate surface area is 76.7 Å². The number of hydrogen-bond acceptors (Lipinski definition) is 3. The van der Waals surface area contributed by atoms with Crippen LogP contribution in [0.25, 0.3) is 0 Å². The molecule has 0 aliphatic carbocycles. The normalized spacial score (nSPS) is 22.9. The van der Waals surface area contributed by atoms with E-state index < -0.39 is 0 Å². The Morgan fingerprint density at radius 2 is 2.38 bits per heavy atom. The minimum Gasteiger partial charge on any atom is -0.472 e. The highest BCUT2D eigenvalue weighted by Gasteiger charge is 2.23. The van der Waals surface area contributed by atoms with Crippen LogP contribution in [0.5, 0.6) is 0 Å². The second-order valence-corrected chi connectivity index (χ2v) is 3.23. The van der Waals surface area contributed by atoms with Crippen LogP contribution in [0.4, 0.5) is 0 Å². The third-order valence-electron chi connectivity index (χ3n) is 2.28. The van der Waals surface area contributed by atoms with Crippen LogP contribution >= 0.6 is 0 Å². The second-order valence-electron chi connectivity index (χ2n) is 3.23. The van der Waals surface area contributed by atoms with Gasteiger partial charge in [-0.2, -0.15) is 0 Å². The average Bonchev–Trinajstić information content (AvgIpc) is 2.71. The van der Waals surface area contributed by atoms with Crippen LogP contribution in [0.3, 0.4) is 0 Å². The lowest BCUT2D eigenvalue weighted by molar-refractivity contribution is 0.0186. The molecule has 13 heavy (non-hydrogen) atoms. The van der Waals surface area contributed by atoms with Gasteiger partial charge in [-0.1, -0.05) is 0 Å². The van der Waals surface area contributed by atoms with E-state index in [1.54, 1.807) is 6.07 Å². The van der Waals surface area contributed by atoms with E-state index in [1.165, 1.54) is 12.5 Å². The minimum absolute atomic E-state index is 0.0495. The lowest BCUT2D eigenvalue weighted by Gasteiger charge is -2.20. The topological polar surface area (TPSA) is 39.4 Å². The van der Waals surface area contributed by atoms with Gasteiger partial charge in [-0.3, -0.25) is 4.79 Å². The SMILES string of the molecule is O=C(c1ccoc1)C1CCCCO1. The van der Waals surface area contributed by atoms with Crippen LogP contribution in [0.1, 0.15) is 29.6 Å². The highest BCUT2D eigenvalue weighted by molar-refractivity contribution is 5.99. The largest absolute Gasteiger partial charge is 0.472 e. The molecule has 70 valence electrons. The molecule has 1 aliphatic rings. The molecule has 1 unspecified atom stereocenters. The predicted molar refractivity (Wildman–Crippen MR) is 46.6 cm³/mol. The van der Waals surface area contributed by atoms with E-state index in [1.807, 2.05) is 0 Å². The molecule has 1 aromatic heterocycles. The van der Waals surface area contributed by atoms with Gasteiger partial charge in [0.1, 0.15) is 12.4 Å². The molecular weight excluding hydrogens is 168 g/mol. The molecular formula is C10H12O3. The fraction of sp³-hybridized carbons (Fsp3) is 0.500. The summed E-state index contributed by atoms with van der Waals surface area (Å²) in [7, 11) is 0. The highest BCUT2D eigenvalue weighted by atomic mass is 16.5. The molecule has 2 rings (SSSR count). The molecule has 0 bridgehead atoms. The average molecular weight is 180 g/mol. The summed E-state index contributed by atoms with van der Waals surface area (Å²) in [6.07, 6.45) is 5.72. The van der Waals surface area contributed by atoms with Crippen LogP contribution in [-0.2, 0) is 4.74 Å². The summed E-state index contributed by atoms with van der Waals surface area (Å²) < 4.78 is 10.2. The van der Waals surface area contributed by atoms with Gasteiger partial charge in [0.15, 0.2) is 5.78 Å². The number of carbonyl (C=O) groups excluding carboxylic acids is 1. The van der Waals surface area contributed by atoms with Crippen molar-refractivity contribution in [3.05, 3.63) is 24.2 Å². The van der Waals surface area contributed by atoms with Crippen LogP contribution < -0.4 is 0 Å². The first kappa shape index (κ1) is 8.51. The molecule has 1 atom stereocenters. The van der Waals surface area contributed by atoms with Gasteiger partial charge in [0.05, 0.1) is 11.8 Å². The minimum atomic E-state index is -0.244. The van der Waals surface area contributed by atoms with Crippen molar-refractivity contribution >= 4 is 5.78 Å². The van der Waals surface area contributed by atoms with Crippen molar-refractivity contribution in [3.8, 4) is 0 Å². The van der Waals surface area contributed by atoms with Crippen LogP contribution in [0.15, 0.2) is 23.0 Å². The molecule has 0 spiro atoms. The third-order valence-corrected chi connectivity index (χ3v) is 2.28. The summed E-state index contributed by atoms with van der Waals surface area (Å²) in [4.78, 5) is 11.7. The number of furan rings is 1. The van der Waals surface area contributed by atoms with Crippen molar-refractivity contribution in [2.24, 2.45) is 0 Å². The fourth-order valence-corrected chi connectivity index (χ4v) is 1.54. The summed E-state index contributed by atoms with van der Waals surface area (Å²) in [5.74, 6) is 0.0495. The van der Waals surface area contributed by atoms with Gasteiger partial charge < -0.3 is 9.15 Å². The summed E-state index contributed by atoms with van der Waals surface area (Å²) in [6.45, 7) is 0.703. The van der Waals surface area contributed by atoms with Crippen LogP contribution in [-0.4, -0.2) is 18.5 Å². The Morgan fingerprint density at radius 1 is 1.46 bits per heavy atom. The maximum Gasteiger partial charge on any atom is 0.194 e. The molecule has 3 heteroatoms. The van der Waals surface area contributed by atoms with Crippen molar-refractivity contribution in [3.63, 3.8) is 0 Å². The second kappa shape index (κ2) is 3.75. The molecule has 0 amide bonds. The number of hydrogen-bond donors (Lipinski definition) is 0. The predicted octanol–water partition coefficient (Wildman–Crippen LogP) is 2.03. The molecule has 1 aliphatic heterocycles. The van der Waals surface area contributed by atoms with Gasteiger partial charge in [0, 0.05) is 6.61 Å². The Bertz CT molecular complexity index is 270. The third kappa shape index (κ3) is 1.80. The molecule has 0 aromatic carbocycles. The standard InChI is InChI=1S/C10H12O3/c11-10(8-4-6-12-7-8)9-3-1-2-5-13-9/h4,6-7,9H,1-3,5H2. The zero-order valence-electron chi connectivity index (χ0n) is 7.36. The number of ether oxygens (including phenoxy) is 1. The van der Waals surface area contributed by atoms with Gasteiger partial charge in [-0.05, 0) is 25.3 Å². The van der Waals surface area contributed by atoms with Crippen LogP contribution in [0.2, 0.25) is 0 Å². The molecule has 3 nitrogen and oxygen atoms in total. The highest BCUT2D eigenvalue weighted by Crippen LogP contribution is 2.17. The Morgan fingerprint density at radius 3 is 3.00 bits per heavy atom. The number of Topliss-reactive ketones (excluding diaryl/α,β-unsaturated/α-hetero) is 1. The van der Waals surface area contributed by atoms with E-state index in [4.69, 9.17) is 9.15 Å². The maximum absolute atomic E-state index is 11.7.